The zero-order valence-corrected chi connectivity index (χ0v) is 20.1. The predicted molar refractivity (Wildman–Crippen MR) is 131 cm³/mol. The van der Waals surface area contributed by atoms with Crippen molar-refractivity contribution < 1.29 is 19.5 Å². The van der Waals surface area contributed by atoms with Crippen LogP contribution >= 0.6 is 0 Å². The van der Waals surface area contributed by atoms with Crippen molar-refractivity contribution in [3.8, 4) is 0 Å². The van der Waals surface area contributed by atoms with Crippen molar-refractivity contribution in [1.29, 1.82) is 0 Å². The van der Waals surface area contributed by atoms with Crippen LogP contribution in [0, 0.1) is 5.92 Å². The number of nitrogens with two attached hydrogens (primary N) is 1. The van der Waals surface area contributed by atoms with Crippen LogP contribution in [0.2, 0.25) is 0 Å². The first kappa shape index (κ1) is 26.0. The van der Waals surface area contributed by atoms with Gasteiger partial charge in [0, 0.05) is 6.04 Å². The van der Waals surface area contributed by atoms with Gasteiger partial charge in [0.1, 0.15) is 12.1 Å². The first-order chi connectivity index (χ1) is 16.5. The standard InChI is InChI=1S/C26H40N4O4/c27-15-7-6-12-22(25(32)33)29-26(34)30-23(16-18-8-2-1-3-9-18)24(31)28-21-14-13-19-10-4-5-11-20(19)17-21/h4-5,10-11,18,21-23H,1-3,6-9,12-17,27H2,(H,28,31)(H,32,33)(H2,29,30,34)/t21-,22-,23+/m0/s1. The predicted octanol–water partition coefficient (Wildman–Crippen LogP) is 2.88. The van der Waals surface area contributed by atoms with Gasteiger partial charge in [-0.2, -0.15) is 0 Å². The minimum absolute atomic E-state index is 0.0316. The van der Waals surface area contributed by atoms with Gasteiger partial charge < -0.3 is 26.8 Å². The highest BCUT2D eigenvalue weighted by Crippen LogP contribution is 2.28. The van der Waals surface area contributed by atoms with E-state index in [1.165, 1.54) is 17.5 Å². The number of benzene rings is 1. The molecule has 34 heavy (non-hydrogen) atoms. The molecule has 0 saturated heterocycles. The second kappa shape index (κ2) is 13.3. The van der Waals surface area contributed by atoms with E-state index in [1.807, 2.05) is 12.1 Å². The normalized spacial score (nSPS) is 20.0. The lowest BCUT2D eigenvalue weighted by Gasteiger charge is -2.30. The molecule has 2 aliphatic carbocycles. The van der Waals surface area contributed by atoms with Crippen LogP contribution < -0.4 is 21.7 Å². The van der Waals surface area contributed by atoms with E-state index in [4.69, 9.17) is 5.73 Å². The zero-order chi connectivity index (χ0) is 24.3. The number of carboxylic acids is 1. The lowest BCUT2D eigenvalue weighted by atomic mass is 9.84. The third-order valence-electron chi connectivity index (χ3n) is 7.16. The van der Waals surface area contributed by atoms with Crippen LogP contribution in [0.25, 0.3) is 0 Å². The van der Waals surface area contributed by atoms with Crippen molar-refractivity contribution >= 4 is 17.9 Å². The summed E-state index contributed by atoms with van der Waals surface area (Å²) in [5.74, 6) is -0.877. The summed E-state index contributed by atoms with van der Waals surface area (Å²) in [5.41, 5.74) is 8.08. The molecule has 0 bridgehead atoms. The summed E-state index contributed by atoms with van der Waals surface area (Å²) >= 11 is 0. The molecule has 1 fully saturated rings. The fourth-order valence-corrected chi connectivity index (χ4v) is 5.22. The Kier molecular flexibility index (Phi) is 10.2. The lowest BCUT2D eigenvalue weighted by Crippen LogP contribution is -2.55. The Morgan fingerprint density at radius 3 is 2.38 bits per heavy atom. The van der Waals surface area contributed by atoms with Gasteiger partial charge in [-0.05, 0) is 68.5 Å². The maximum Gasteiger partial charge on any atom is 0.326 e. The molecule has 1 aromatic rings. The topological polar surface area (TPSA) is 134 Å². The Morgan fingerprint density at radius 2 is 1.68 bits per heavy atom. The number of rotatable bonds is 11. The van der Waals surface area contributed by atoms with E-state index >= 15 is 0 Å². The molecule has 0 spiro atoms. The van der Waals surface area contributed by atoms with Crippen LogP contribution in [0.15, 0.2) is 24.3 Å². The van der Waals surface area contributed by atoms with Gasteiger partial charge >= 0.3 is 12.0 Å². The molecule has 2 aliphatic rings. The van der Waals surface area contributed by atoms with Crippen LogP contribution in [0.1, 0.15) is 75.3 Å². The molecule has 3 atom stereocenters. The molecule has 3 amide bonds. The third kappa shape index (κ3) is 8.01. The van der Waals surface area contributed by atoms with Crippen molar-refractivity contribution in [3.63, 3.8) is 0 Å². The van der Waals surface area contributed by atoms with Crippen molar-refractivity contribution in [2.75, 3.05) is 6.54 Å². The zero-order valence-electron chi connectivity index (χ0n) is 20.1. The number of hydrogen-bond acceptors (Lipinski definition) is 4. The molecule has 188 valence electrons. The van der Waals surface area contributed by atoms with Crippen molar-refractivity contribution in [2.45, 2.75) is 95.2 Å². The van der Waals surface area contributed by atoms with Crippen molar-refractivity contribution in [3.05, 3.63) is 35.4 Å². The fourth-order valence-electron chi connectivity index (χ4n) is 5.22. The summed E-state index contributed by atoms with van der Waals surface area (Å²) in [5, 5.41) is 18.0. The van der Waals surface area contributed by atoms with Crippen LogP contribution in [0.3, 0.4) is 0 Å². The number of aryl methyl sites for hydroxylation is 1. The van der Waals surface area contributed by atoms with Gasteiger partial charge in [-0.3, -0.25) is 4.79 Å². The molecule has 1 aromatic carbocycles. The Bertz CT molecular complexity index is 825. The molecule has 6 N–H and O–H groups in total. The van der Waals surface area contributed by atoms with E-state index < -0.39 is 24.1 Å². The highest BCUT2D eigenvalue weighted by molar-refractivity contribution is 5.89. The average Bonchev–Trinajstić information content (AvgIpc) is 2.83. The van der Waals surface area contributed by atoms with E-state index in [0.29, 0.717) is 38.1 Å². The molecule has 0 unspecified atom stereocenters. The van der Waals surface area contributed by atoms with E-state index in [2.05, 4.69) is 28.1 Å². The number of unbranched alkanes of at least 4 members (excludes halogenated alkanes) is 1. The third-order valence-corrected chi connectivity index (χ3v) is 7.16. The van der Waals surface area contributed by atoms with Gasteiger partial charge in [-0.15, -0.1) is 0 Å². The number of amides is 3. The molecule has 0 aromatic heterocycles. The number of carboxylic acid groups (broad SMARTS) is 1. The Balaban J connectivity index is 1.61. The molecule has 3 rings (SSSR count). The van der Waals surface area contributed by atoms with Gasteiger partial charge in [0.2, 0.25) is 5.91 Å². The largest absolute Gasteiger partial charge is 0.480 e. The first-order valence-corrected chi connectivity index (χ1v) is 12.8. The molecular weight excluding hydrogens is 432 g/mol. The number of carbonyl (C=O) groups excluding carboxylic acids is 2. The Labute approximate surface area is 202 Å². The number of carbonyl (C=O) groups is 3. The Morgan fingerprint density at radius 1 is 0.971 bits per heavy atom. The SMILES string of the molecule is NCCCC[C@H](NC(=O)N[C@H](CC1CCCCC1)C(=O)N[C@H]1CCc2ccccc2C1)C(=O)O. The van der Waals surface area contributed by atoms with E-state index in [0.717, 1.165) is 44.9 Å². The summed E-state index contributed by atoms with van der Waals surface area (Å²) in [4.78, 5) is 37.6. The summed E-state index contributed by atoms with van der Waals surface area (Å²) in [7, 11) is 0. The molecular formula is C26H40N4O4. The summed E-state index contributed by atoms with van der Waals surface area (Å²) in [6.45, 7) is 0.480. The molecule has 8 nitrogen and oxygen atoms in total. The van der Waals surface area contributed by atoms with Gasteiger partial charge in [0.15, 0.2) is 0 Å². The average molecular weight is 473 g/mol. The quantitative estimate of drug-likeness (QED) is 0.316. The molecule has 0 radical (unpaired) electrons. The molecule has 1 saturated carbocycles. The van der Waals surface area contributed by atoms with Gasteiger partial charge in [-0.1, -0.05) is 56.4 Å². The monoisotopic (exact) mass is 472 g/mol. The fraction of sp³-hybridized carbons (Fsp3) is 0.654. The minimum atomic E-state index is -1.08. The van der Waals surface area contributed by atoms with E-state index in [-0.39, 0.29) is 11.9 Å². The van der Waals surface area contributed by atoms with Crippen molar-refractivity contribution in [2.24, 2.45) is 11.7 Å². The second-order valence-corrected chi connectivity index (χ2v) is 9.80. The van der Waals surface area contributed by atoms with Crippen LogP contribution in [0.5, 0.6) is 0 Å². The summed E-state index contributed by atoms with van der Waals surface area (Å²) in [6, 6.07) is 6.05. The lowest BCUT2D eigenvalue weighted by molar-refractivity contribution is -0.139. The molecule has 8 heteroatoms. The highest BCUT2D eigenvalue weighted by Gasteiger charge is 2.30. The second-order valence-electron chi connectivity index (χ2n) is 9.80. The number of urea groups is 1. The number of nitrogens with one attached hydrogen (secondary N) is 3. The molecule has 0 aliphatic heterocycles. The van der Waals surface area contributed by atoms with Crippen LogP contribution in [0.4, 0.5) is 4.79 Å². The van der Waals surface area contributed by atoms with E-state index in [1.54, 1.807) is 0 Å². The Hall–Kier alpha value is -2.61. The van der Waals surface area contributed by atoms with E-state index in [9.17, 15) is 19.5 Å². The summed E-state index contributed by atoms with van der Waals surface area (Å²) < 4.78 is 0. The number of aliphatic carboxylic acids is 1. The van der Waals surface area contributed by atoms with Gasteiger partial charge in [-0.25, -0.2) is 9.59 Å². The van der Waals surface area contributed by atoms with Crippen LogP contribution in [-0.2, 0) is 22.4 Å². The number of fused-ring (bicyclic) bond motifs is 1. The highest BCUT2D eigenvalue weighted by atomic mass is 16.4. The maximum atomic E-state index is 13.3. The van der Waals surface area contributed by atoms with Crippen LogP contribution in [-0.4, -0.2) is 47.7 Å². The maximum absolute atomic E-state index is 13.3. The van der Waals surface area contributed by atoms with Gasteiger partial charge in [0.05, 0.1) is 0 Å². The molecule has 0 heterocycles. The summed E-state index contributed by atoms with van der Waals surface area (Å²) in [6.07, 6.45) is 10.4. The first-order valence-electron chi connectivity index (χ1n) is 12.8. The smallest absolute Gasteiger partial charge is 0.326 e. The van der Waals surface area contributed by atoms with Crippen molar-refractivity contribution in [1.82, 2.24) is 16.0 Å². The van der Waals surface area contributed by atoms with Gasteiger partial charge in [0.25, 0.3) is 0 Å². The number of hydrogen-bond donors (Lipinski definition) is 5. The minimum Gasteiger partial charge on any atom is -0.480 e.